The van der Waals surface area contributed by atoms with Gasteiger partial charge >= 0.3 is 0 Å². The van der Waals surface area contributed by atoms with Gasteiger partial charge in [0.25, 0.3) is 5.91 Å². The van der Waals surface area contributed by atoms with Crippen LogP contribution >= 0.6 is 0 Å². The van der Waals surface area contributed by atoms with Crippen LogP contribution in [0, 0.1) is 17.5 Å². The zero-order valence-electron chi connectivity index (χ0n) is 14.5. The van der Waals surface area contributed by atoms with E-state index in [0.717, 1.165) is 24.5 Å². The molecule has 1 amide bonds. The van der Waals surface area contributed by atoms with Crippen molar-refractivity contribution >= 4 is 15.7 Å². The van der Waals surface area contributed by atoms with Crippen molar-refractivity contribution in [2.75, 3.05) is 25.4 Å². The van der Waals surface area contributed by atoms with Gasteiger partial charge in [-0.3, -0.25) is 9.48 Å². The highest BCUT2D eigenvalue weighted by molar-refractivity contribution is 7.92. The number of halogens is 3. The number of rotatable bonds is 3. The van der Waals surface area contributed by atoms with Crippen molar-refractivity contribution in [1.82, 2.24) is 14.7 Å². The number of likely N-dealkylation sites (tertiary alicyclic amines) is 1. The summed E-state index contributed by atoms with van der Waals surface area (Å²) < 4.78 is 71.5. The molecule has 28 heavy (non-hydrogen) atoms. The average molecular weight is 415 g/mol. The third-order valence-electron chi connectivity index (χ3n) is 4.95. The molecule has 7 nitrogen and oxygen atoms in total. The summed E-state index contributed by atoms with van der Waals surface area (Å²) in [6.07, 6.45) is 2.09. The standard InChI is InChI=1S/C17H16F3N3O4S/c18-12-4-21-23(5-12)6-13-7-27-17(10-28(13,25)26)8-22(9-17)16(24)11-1-2-14(19)15(20)3-11/h1-5,13H,6-10H2/t13-/m0/s1. The molecule has 4 rings (SSSR count). The summed E-state index contributed by atoms with van der Waals surface area (Å²) >= 11 is 0. The highest BCUT2D eigenvalue weighted by Gasteiger charge is 2.54. The molecule has 0 saturated carbocycles. The Morgan fingerprint density at radius 3 is 2.61 bits per heavy atom. The van der Waals surface area contributed by atoms with Crippen LogP contribution in [0.2, 0.25) is 0 Å². The molecule has 2 aromatic rings. The molecule has 150 valence electrons. The zero-order chi connectivity index (χ0) is 20.1. The summed E-state index contributed by atoms with van der Waals surface area (Å²) in [6.45, 7) is -0.0583. The van der Waals surface area contributed by atoms with Crippen molar-refractivity contribution in [1.29, 1.82) is 0 Å². The Hall–Kier alpha value is -2.40. The Balaban J connectivity index is 1.40. The lowest BCUT2D eigenvalue weighted by Crippen LogP contribution is -2.70. The van der Waals surface area contributed by atoms with Crippen molar-refractivity contribution in [2.24, 2.45) is 0 Å². The van der Waals surface area contributed by atoms with Gasteiger partial charge in [0.1, 0.15) is 10.9 Å². The minimum atomic E-state index is -3.56. The molecule has 11 heteroatoms. The van der Waals surface area contributed by atoms with E-state index in [1.165, 1.54) is 15.6 Å². The van der Waals surface area contributed by atoms with Gasteiger partial charge < -0.3 is 9.64 Å². The highest BCUT2D eigenvalue weighted by Crippen LogP contribution is 2.34. The Kier molecular flexibility index (Phi) is 4.46. The van der Waals surface area contributed by atoms with Gasteiger partial charge in [0.2, 0.25) is 0 Å². The van der Waals surface area contributed by atoms with Crippen LogP contribution < -0.4 is 0 Å². The zero-order valence-corrected chi connectivity index (χ0v) is 15.3. The minimum Gasteiger partial charge on any atom is -0.369 e. The Bertz CT molecular complexity index is 1030. The van der Waals surface area contributed by atoms with Crippen molar-refractivity contribution in [3.8, 4) is 0 Å². The third kappa shape index (κ3) is 3.39. The normalized spacial score (nSPS) is 22.8. The van der Waals surface area contributed by atoms with E-state index in [1.54, 1.807) is 0 Å². The largest absolute Gasteiger partial charge is 0.369 e. The van der Waals surface area contributed by atoms with E-state index >= 15 is 0 Å². The molecular weight excluding hydrogens is 399 g/mol. The molecule has 1 aromatic heterocycles. The van der Waals surface area contributed by atoms with E-state index < -0.39 is 44.0 Å². The van der Waals surface area contributed by atoms with E-state index in [2.05, 4.69) is 5.10 Å². The van der Waals surface area contributed by atoms with E-state index in [-0.39, 0.29) is 37.6 Å². The van der Waals surface area contributed by atoms with Crippen molar-refractivity contribution < 1.29 is 31.1 Å². The van der Waals surface area contributed by atoms with Gasteiger partial charge in [-0.2, -0.15) is 5.10 Å². The maximum Gasteiger partial charge on any atom is 0.254 e. The second kappa shape index (κ2) is 6.59. The number of hydrogen-bond donors (Lipinski definition) is 0. The van der Waals surface area contributed by atoms with Gasteiger partial charge in [-0.05, 0) is 18.2 Å². The summed E-state index contributed by atoms with van der Waals surface area (Å²) in [4.78, 5) is 13.7. The first-order chi connectivity index (χ1) is 13.2. The number of aromatic nitrogens is 2. The average Bonchev–Trinajstić information content (AvgIpc) is 3.01. The lowest BCUT2D eigenvalue weighted by molar-refractivity contribution is -0.121. The first kappa shape index (κ1) is 18.9. The van der Waals surface area contributed by atoms with Gasteiger partial charge in [0.05, 0.1) is 44.4 Å². The first-order valence-corrected chi connectivity index (χ1v) is 10.2. The topological polar surface area (TPSA) is 81.5 Å². The van der Waals surface area contributed by atoms with Gasteiger partial charge in [0, 0.05) is 5.56 Å². The molecule has 3 heterocycles. The molecule has 0 aliphatic carbocycles. The lowest BCUT2D eigenvalue weighted by atomic mass is 9.94. The van der Waals surface area contributed by atoms with Crippen LogP contribution in [0.1, 0.15) is 10.4 Å². The molecule has 1 aromatic carbocycles. The predicted octanol–water partition coefficient (Wildman–Crippen LogP) is 1.01. The lowest BCUT2D eigenvalue weighted by Gasteiger charge is -2.52. The molecule has 2 aliphatic rings. The Morgan fingerprint density at radius 2 is 2.00 bits per heavy atom. The Labute approximate surface area is 158 Å². The monoisotopic (exact) mass is 415 g/mol. The van der Waals surface area contributed by atoms with Gasteiger partial charge in [0.15, 0.2) is 27.3 Å². The number of amides is 1. The maximum atomic E-state index is 13.3. The SMILES string of the molecule is O=C(c1ccc(F)c(F)c1)N1CC2(C1)CS(=O)(=O)[C@@H](Cn1cc(F)cn1)CO2. The number of carbonyl (C=O) groups excluding carboxylic acids is 1. The van der Waals surface area contributed by atoms with Gasteiger partial charge in [-0.25, -0.2) is 21.6 Å². The molecule has 2 aliphatic heterocycles. The van der Waals surface area contributed by atoms with Gasteiger partial charge in [-0.15, -0.1) is 0 Å². The minimum absolute atomic E-state index is 0.0222. The molecule has 0 bridgehead atoms. The molecular formula is C17H16F3N3O4S. The van der Waals surface area contributed by atoms with E-state index in [4.69, 9.17) is 4.74 Å². The molecule has 2 saturated heterocycles. The number of nitrogens with zero attached hydrogens (tertiary/aromatic N) is 3. The molecule has 1 atom stereocenters. The molecule has 0 N–H and O–H groups in total. The molecule has 0 unspecified atom stereocenters. The number of benzene rings is 1. The predicted molar refractivity (Wildman–Crippen MR) is 90.7 cm³/mol. The van der Waals surface area contributed by atoms with Crippen LogP contribution in [0.25, 0.3) is 0 Å². The van der Waals surface area contributed by atoms with Crippen LogP contribution in [0.4, 0.5) is 13.2 Å². The summed E-state index contributed by atoms with van der Waals surface area (Å²) in [5, 5.41) is 2.87. The fraction of sp³-hybridized carbons (Fsp3) is 0.412. The smallest absolute Gasteiger partial charge is 0.254 e. The molecule has 2 fully saturated rings. The third-order valence-corrected chi connectivity index (χ3v) is 7.18. The van der Waals surface area contributed by atoms with Crippen LogP contribution in [-0.2, 0) is 21.1 Å². The summed E-state index contributed by atoms with van der Waals surface area (Å²) in [6, 6.07) is 2.84. The highest BCUT2D eigenvalue weighted by atomic mass is 32.2. The maximum absolute atomic E-state index is 13.3. The number of ether oxygens (including phenoxy) is 1. The van der Waals surface area contributed by atoms with Crippen LogP contribution in [-0.4, -0.2) is 65.3 Å². The van der Waals surface area contributed by atoms with E-state index in [9.17, 15) is 26.4 Å². The van der Waals surface area contributed by atoms with Crippen molar-refractivity contribution in [2.45, 2.75) is 17.4 Å². The quantitative estimate of drug-likeness (QED) is 0.748. The van der Waals surface area contributed by atoms with Crippen LogP contribution in [0.5, 0.6) is 0 Å². The number of sulfone groups is 1. The number of carbonyl (C=O) groups is 1. The van der Waals surface area contributed by atoms with Crippen LogP contribution in [0.3, 0.4) is 0 Å². The number of hydrogen-bond acceptors (Lipinski definition) is 5. The fourth-order valence-corrected chi connectivity index (χ4v) is 5.39. The summed E-state index contributed by atoms with van der Waals surface area (Å²) in [5.74, 6) is -3.55. The second-order valence-corrected chi connectivity index (χ2v) is 9.37. The second-order valence-electron chi connectivity index (χ2n) is 7.09. The van der Waals surface area contributed by atoms with E-state index in [0.29, 0.717) is 0 Å². The molecule has 1 spiro atoms. The van der Waals surface area contributed by atoms with Crippen molar-refractivity contribution in [3.05, 3.63) is 53.6 Å². The molecule has 0 radical (unpaired) electrons. The fourth-order valence-electron chi connectivity index (χ4n) is 3.50. The van der Waals surface area contributed by atoms with Crippen molar-refractivity contribution in [3.63, 3.8) is 0 Å². The summed E-state index contributed by atoms with van der Waals surface area (Å²) in [5.41, 5.74) is -1.04. The van der Waals surface area contributed by atoms with Gasteiger partial charge in [-0.1, -0.05) is 0 Å². The first-order valence-electron chi connectivity index (χ1n) is 8.45. The summed E-state index contributed by atoms with van der Waals surface area (Å²) in [7, 11) is -3.56. The Morgan fingerprint density at radius 1 is 1.25 bits per heavy atom. The van der Waals surface area contributed by atoms with Crippen LogP contribution in [0.15, 0.2) is 30.6 Å². The van der Waals surface area contributed by atoms with E-state index in [1.807, 2.05) is 0 Å².